The second-order valence-electron chi connectivity index (χ2n) is 2.88. The van der Waals surface area contributed by atoms with Gasteiger partial charge in [-0.05, 0) is 39.7 Å². The summed E-state index contributed by atoms with van der Waals surface area (Å²) in [5, 5.41) is 0. The van der Waals surface area contributed by atoms with Gasteiger partial charge in [0.15, 0.2) is 0 Å². The Morgan fingerprint density at radius 2 is 2.31 bits per heavy atom. The number of aromatic amines is 1. The Bertz CT molecular complexity index is 382. The summed E-state index contributed by atoms with van der Waals surface area (Å²) in [4.78, 5) is 7.27. The number of aromatic nitrogens is 2. The van der Waals surface area contributed by atoms with Gasteiger partial charge < -0.3 is 4.98 Å². The largest absolute Gasteiger partial charge is 0.365 e. The molecule has 0 amide bonds. The van der Waals surface area contributed by atoms with Gasteiger partial charge in [0.25, 0.3) is 0 Å². The number of halogens is 1. The summed E-state index contributed by atoms with van der Waals surface area (Å²) in [6.45, 7) is 0. The Kier molecular flexibility index (Phi) is 2.45. The van der Waals surface area contributed by atoms with Gasteiger partial charge >= 0.3 is 0 Å². The van der Waals surface area contributed by atoms with Crippen molar-refractivity contribution in [2.45, 2.75) is 6.42 Å². The van der Waals surface area contributed by atoms with Gasteiger partial charge in [-0.1, -0.05) is 0 Å². The summed E-state index contributed by atoms with van der Waals surface area (Å²) in [5.74, 6) is 0. The van der Waals surface area contributed by atoms with Crippen LogP contribution >= 0.6 is 15.9 Å². The Balaban J connectivity index is 2.19. The minimum absolute atomic E-state index is 0.902. The SMILES string of the molecule is Brc1cncc(Cc2ccc[nH]2)c1. The molecule has 0 aromatic carbocycles. The molecule has 3 heteroatoms. The monoisotopic (exact) mass is 236 g/mol. The number of hydrogen-bond acceptors (Lipinski definition) is 1. The standard InChI is InChI=1S/C10H9BrN2/c11-9-4-8(6-12-7-9)5-10-2-1-3-13-10/h1-4,6-7,13H,5H2. The zero-order valence-corrected chi connectivity index (χ0v) is 8.58. The van der Waals surface area contributed by atoms with Gasteiger partial charge in [0, 0.05) is 35.2 Å². The summed E-state index contributed by atoms with van der Waals surface area (Å²) in [5.41, 5.74) is 2.41. The molecule has 2 aromatic rings. The van der Waals surface area contributed by atoms with Crippen molar-refractivity contribution in [2.24, 2.45) is 0 Å². The van der Waals surface area contributed by atoms with Crippen molar-refractivity contribution in [1.82, 2.24) is 9.97 Å². The minimum atomic E-state index is 0.902. The van der Waals surface area contributed by atoms with E-state index in [4.69, 9.17) is 0 Å². The molecular formula is C10H9BrN2. The molecule has 0 aliphatic rings. The van der Waals surface area contributed by atoms with Gasteiger partial charge in [0.2, 0.25) is 0 Å². The van der Waals surface area contributed by atoms with Crippen LogP contribution in [0.3, 0.4) is 0 Å². The first-order valence-corrected chi connectivity index (χ1v) is 4.85. The van der Waals surface area contributed by atoms with E-state index in [-0.39, 0.29) is 0 Å². The van der Waals surface area contributed by atoms with Crippen molar-refractivity contribution in [3.8, 4) is 0 Å². The topological polar surface area (TPSA) is 28.7 Å². The fourth-order valence-corrected chi connectivity index (χ4v) is 1.66. The van der Waals surface area contributed by atoms with Gasteiger partial charge in [0.1, 0.15) is 0 Å². The molecule has 0 aliphatic carbocycles. The van der Waals surface area contributed by atoms with Crippen LogP contribution in [0.15, 0.2) is 41.3 Å². The van der Waals surface area contributed by atoms with Crippen molar-refractivity contribution in [3.05, 3.63) is 52.5 Å². The maximum atomic E-state index is 4.10. The summed E-state index contributed by atoms with van der Waals surface area (Å²) in [6, 6.07) is 6.15. The molecule has 0 radical (unpaired) electrons. The molecule has 0 saturated heterocycles. The fourth-order valence-electron chi connectivity index (χ4n) is 1.25. The number of H-pyrrole nitrogens is 1. The number of hydrogen-bond donors (Lipinski definition) is 1. The third-order valence-corrected chi connectivity index (χ3v) is 2.25. The van der Waals surface area contributed by atoms with Crippen LogP contribution in [0.5, 0.6) is 0 Å². The molecule has 0 bridgehead atoms. The minimum Gasteiger partial charge on any atom is -0.365 e. The van der Waals surface area contributed by atoms with E-state index < -0.39 is 0 Å². The Morgan fingerprint density at radius 3 is 3.00 bits per heavy atom. The Labute approximate surface area is 85.1 Å². The first-order valence-electron chi connectivity index (χ1n) is 4.06. The highest BCUT2D eigenvalue weighted by atomic mass is 79.9. The van der Waals surface area contributed by atoms with E-state index in [1.54, 1.807) is 6.20 Å². The summed E-state index contributed by atoms with van der Waals surface area (Å²) >= 11 is 3.39. The van der Waals surface area contributed by atoms with E-state index >= 15 is 0 Å². The van der Waals surface area contributed by atoms with Crippen LogP contribution in [0.1, 0.15) is 11.3 Å². The molecule has 0 atom stereocenters. The van der Waals surface area contributed by atoms with E-state index in [9.17, 15) is 0 Å². The quantitative estimate of drug-likeness (QED) is 0.854. The second-order valence-corrected chi connectivity index (χ2v) is 3.80. The average molecular weight is 237 g/mol. The van der Waals surface area contributed by atoms with Crippen LogP contribution in [-0.4, -0.2) is 9.97 Å². The van der Waals surface area contributed by atoms with Crippen LogP contribution in [0.25, 0.3) is 0 Å². The predicted octanol–water partition coefficient (Wildman–Crippen LogP) is 2.76. The predicted molar refractivity (Wildman–Crippen MR) is 55.5 cm³/mol. The van der Waals surface area contributed by atoms with Crippen LogP contribution in [0.4, 0.5) is 0 Å². The lowest BCUT2D eigenvalue weighted by Gasteiger charge is -1.98. The second kappa shape index (κ2) is 3.75. The third kappa shape index (κ3) is 2.18. The normalized spacial score (nSPS) is 10.2. The number of nitrogens with zero attached hydrogens (tertiary/aromatic N) is 1. The lowest BCUT2D eigenvalue weighted by Crippen LogP contribution is -1.88. The van der Waals surface area contributed by atoms with Crippen LogP contribution in [0, 0.1) is 0 Å². The zero-order valence-electron chi connectivity index (χ0n) is 7.00. The fraction of sp³-hybridized carbons (Fsp3) is 0.100. The molecule has 2 rings (SSSR count). The first-order chi connectivity index (χ1) is 6.34. The highest BCUT2D eigenvalue weighted by molar-refractivity contribution is 9.10. The van der Waals surface area contributed by atoms with Gasteiger partial charge in [-0.25, -0.2) is 0 Å². The Morgan fingerprint density at radius 1 is 1.38 bits per heavy atom. The van der Waals surface area contributed by atoms with Gasteiger partial charge in [-0.2, -0.15) is 0 Å². The lowest BCUT2D eigenvalue weighted by atomic mass is 10.2. The molecule has 0 fully saturated rings. The zero-order chi connectivity index (χ0) is 9.10. The summed E-state index contributed by atoms with van der Waals surface area (Å²) in [7, 11) is 0. The van der Waals surface area contributed by atoms with Gasteiger partial charge in [0.05, 0.1) is 0 Å². The molecule has 0 unspecified atom stereocenters. The van der Waals surface area contributed by atoms with Gasteiger partial charge in [-0.3, -0.25) is 4.98 Å². The molecule has 66 valence electrons. The van der Waals surface area contributed by atoms with E-state index in [0.717, 1.165) is 10.9 Å². The summed E-state index contributed by atoms with van der Waals surface area (Å²) in [6.07, 6.45) is 6.50. The lowest BCUT2D eigenvalue weighted by molar-refractivity contribution is 1.08. The van der Waals surface area contributed by atoms with E-state index in [1.807, 2.05) is 18.5 Å². The molecule has 0 aliphatic heterocycles. The maximum Gasteiger partial charge on any atom is 0.0410 e. The highest BCUT2D eigenvalue weighted by Crippen LogP contribution is 2.12. The van der Waals surface area contributed by atoms with Crippen LogP contribution in [0.2, 0.25) is 0 Å². The van der Waals surface area contributed by atoms with E-state index in [0.29, 0.717) is 0 Å². The van der Waals surface area contributed by atoms with E-state index in [2.05, 4.69) is 38.0 Å². The van der Waals surface area contributed by atoms with Crippen molar-refractivity contribution in [1.29, 1.82) is 0 Å². The van der Waals surface area contributed by atoms with Gasteiger partial charge in [-0.15, -0.1) is 0 Å². The molecule has 1 N–H and O–H groups in total. The van der Waals surface area contributed by atoms with Crippen molar-refractivity contribution >= 4 is 15.9 Å². The van der Waals surface area contributed by atoms with Crippen molar-refractivity contribution in [2.75, 3.05) is 0 Å². The molecular weight excluding hydrogens is 228 g/mol. The van der Waals surface area contributed by atoms with Crippen molar-refractivity contribution in [3.63, 3.8) is 0 Å². The molecule has 0 spiro atoms. The number of pyridine rings is 1. The molecule has 2 nitrogen and oxygen atoms in total. The average Bonchev–Trinajstić information content (AvgIpc) is 2.57. The highest BCUT2D eigenvalue weighted by Gasteiger charge is 1.97. The maximum absolute atomic E-state index is 4.10. The third-order valence-electron chi connectivity index (χ3n) is 1.82. The molecule has 0 saturated carbocycles. The van der Waals surface area contributed by atoms with Crippen LogP contribution < -0.4 is 0 Å². The number of rotatable bonds is 2. The van der Waals surface area contributed by atoms with E-state index in [1.165, 1.54) is 11.3 Å². The summed E-state index contributed by atoms with van der Waals surface area (Å²) < 4.78 is 1.02. The Hall–Kier alpha value is -1.09. The van der Waals surface area contributed by atoms with Crippen LogP contribution in [-0.2, 0) is 6.42 Å². The molecule has 13 heavy (non-hydrogen) atoms. The molecule has 2 aromatic heterocycles. The smallest absolute Gasteiger partial charge is 0.0410 e. The van der Waals surface area contributed by atoms with Crippen molar-refractivity contribution < 1.29 is 0 Å². The first kappa shape index (κ1) is 8.51. The number of nitrogens with one attached hydrogen (secondary N) is 1. The molecule has 2 heterocycles.